The lowest BCUT2D eigenvalue weighted by molar-refractivity contribution is -0.870. The lowest BCUT2D eigenvalue weighted by Crippen LogP contribution is -2.37. The van der Waals surface area contributed by atoms with Crippen LogP contribution >= 0.6 is 7.82 Å². The Morgan fingerprint density at radius 2 is 2.00 bits per heavy atom. The highest BCUT2D eigenvalue weighted by atomic mass is 31.2. The molecule has 84 valence electrons. The molecule has 0 rings (SSSR count). The molecule has 1 N–H and O–H groups in total. The molecular formula is C8H19NO4P+. The van der Waals surface area contributed by atoms with Crippen molar-refractivity contribution in [2.24, 2.45) is 0 Å². The normalized spacial score (nSPS) is 16.1. The number of hydrogen-bond acceptors (Lipinski definition) is 3. The van der Waals surface area contributed by atoms with Crippen LogP contribution in [-0.2, 0) is 13.6 Å². The van der Waals surface area contributed by atoms with E-state index in [0.29, 0.717) is 11.0 Å². The van der Waals surface area contributed by atoms with Gasteiger partial charge in [0.2, 0.25) is 0 Å². The van der Waals surface area contributed by atoms with Crippen molar-refractivity contribution in [3.63, 3.8) is 0 Å². The van der Waals surface area contributed by atoms with Gasteiger partial charge in [0.25, 0.3) is 0 Å². The third-order valence-electron chi connectivity index (χ3n) is 1.29. The Kier molecular flexibility index (Phi) is 4.81. The summed E-state index contributed by atoms with van der Waals surface area (Å²) < 4.78 is 21.1. The average Bonchev–Trinajstić information content (AvgIpc) is 1.78. The van der Waals surface area contributed by atoms with Crippen LogP contribution in [0.5, 0.6) is 0 Å². The summed E-state index contributed by atoms with van der Waals surface area (Å²) in [6, 6.07) is 0. The van der Waals surface area contributed by atoms with Crippen LogP contribution in [0, 0.1) is 0 Å². The summed E-state index contributed by atoms with van der Waals surface area (Å²) in [6.07, 6.45) is 0. The zero-order chi connectivity index (χ0) is 11.4. The van der Waals surface area contributed by atoms with Gasteiger partial charge in [0.05, 0.1) is 26.9 Å². The summed E-state index contributed by atoms with van der Waals surface area (Å²) in [5.41, 5.74) is 0. The van der Waals surface area contributed by atoms with Crippen molar-refractivity contribution in [3.8, 4) is 0 Å². The summed E-state index contributed by atoms with van der Waals surface area (Å²) >= 11 is 0. The molecular weight excluding hydrogens is 205 g/mol. The molecule has 0 bridgehead atoms. The standard InChI is InChI=1S/C8H18NO4P/c1-8(2)13-14(10,11)12-7-6-9(3,4)5/h1,6-7H2,2-5H3/p+1. The van der Waals surface area contributed by atoms with Crippen molar-refractivity contribution in [1.29, 1.82) is 0 Å². The number of phosphoric ester groups is 1. The third kappa shape index (κ3) is 8.26. The van der Waals surface area contributed by atoms with E-state index in [-0.39, 0.29) is 12.4 Å². The SMILES string of the molecule is C=C(C)OP(=O)(O)OCC[N+](C)(C)C. The maximum atomic E-state index is 11.2. The van der Waals surface area contributed by atoms with Gasteiger partial charge < -0.3 is 9.01 Å². The second-order valence-electron chi connectivity index (χ2n) is 4.11. The highest BCUT2D eigenvalue weighted by molar-refractivity contribution is 7.47. The van der Waals surface area contributed by atoms with Crippen molar-refractivity contribution in [2.75, 3.05) is 34.3 Å². The van der Waals surface area contributed by atoms with Crippen LogP contribution < -0.4 is 0 Å². The number of phosphoric acid groups is 1. The first kappa shape index (κ1) is 13.7. The summed E-state index contributed by atoms with van der Waals surface area (Å²) in [4.78, 5) is 9.13. The van der Waals surface area contributed by atoms with Gasteiger partial charge in [-0.25, -0.2) is 4.57 Å². The minimum atomic E-state index is -3.94. The Balaban J connectivity index is 3.89. The molecule has 0 amide bonds. The molecule has 0 aliphatic rings. The van der Waals surface area contributed by atoms with Crippen molar-refractivity contribution >= 4 is 7.82 Å². The van der Waals surface area contributed by atoms with Crippen LogP contribution in [0.3, 0.4) is 0 Å². The second-order valence-corrected chi connectivity index (χ2v) is 5.49. The van der Waals surface area contributed by atoms with Gasteiger partial charge in [-0.2, -0.15) is 0 Å². The Morgan fingerprint density at radius 3 is 2.36 bits per heavy atom. The van der Waals surface area contributed by atoms with Crippen LogP contribution in [0.25, 0.3) is 0 Å². The first-order chi connectivity index (χ1) is 6.12. The maximum Gasteiger partial charge on any atom is 0.527 e. The van der Waals surface area contributed by atoms with Gasteiger partial charge in [0.15, 0.2) is 0 Å². The van der Waals surface area contributed by atoms with Crippen molar-refractivity contribution < 1.29 is 23.0 Å². The molecule has 0 fully saturated rings. The minimum absolute atomic E-state index is 0.168. The molecule has 0 aromatic carbocycles. The molecule has 0 aliphatic carbocycles. The molecule has 0 heterocycles. The molecule has 5 nitrogen and oxygen atoms in total. The molecule has 1 unspecified atom stereocenters. The van der Waals surface area contributed by atoms with E-state index in [1.54, 1.807) is 0 Å². The zero-order valence-corrected chi connectivity index (χ0v) is 10.1. The molecule has 6 heteroatoms. The number of nitrogens with zero attached hydrogens (tertiary/aromatic N) is 1. The number of allylic oxidation sites excluding steroid dienone is 1. The number of rotatable bonds is 6. The van der Waals surface area contributed by atoms with E-state index in [1.807, 2.05) is 21.1 Å². The predicted molar refractivity (Wildman–Crippen MR) is 54.6 cm³/mol. The Labute approximate surface area is 85.1 Å². The monoisotopic (exact) mass is 224 g/mol. The second kappa shape index (κ2) is 4.94. The number of hydrogen-bond donors (Lipinski definition) is 1. The summed E-state index contributed by atoms with van der Waals surface area (Å²) in [5.74, 6) is 0.168. The lowest BCUT2D eigenvalue weighted by atomic mass is 10.5. The smallest absolute Gasteiger partial charge is 0.410 e. The van der Waals surface area contributed by atoms with E-state index in [4.69, 9.17) is 9.42 Å². The molecule has 0 aromatic rings. The van der Waals surface area contributed by atoms with E-state index < -0.39 is 7.82 Å². The first-order valence-corrected chi connectivity index (χ1v) is 5.75. The molecule has 1 atom stereocenters. The van der Waals surface area contributed by atoms with Crippen molar-refractivity contribution in [1.82, 2.24) is 0 Å². The van der Waals surface area contributed by atoms with E-state index >= 15 is 0 Å². The van der Waals surface area contributed by atoms with E-state index in [0.717, 1.165) is 0 Å². The highest BCUT2D eigenvalue weighted by Gasteiger charge is 2.23. The molecule has 0 aliphatic heterocycles. The fourth-order valence-electron chi connectivity index (χ4n) is 0.653. The van der Waals surface area contributed by atoms with Gasteiger partial charge in [-0.3, -0.25) is 9.42 Å². The maximum absolute atomic E-state index is 11.2. The van der Waals surface area contributed by atoms with E-state index in [2.05, 4.69) is 11.1 Å². The summed E-state index contributed by atoms with van der Waals surface area (Å²) in [5, 5.41) is 0. The Morgan fingerprint density at radius 1 is 1.50 bits per heavy atom. The Hall–Kier alpha value is -0.350. The fraction of sp³-hybridized carbons (Fsp3) is 0.750. The van der Waals surface area contributed by atoms with Gasteiger partial charge in [-0.15, -0.1) is 0 Å². The van der Waals surface area contributed by atoms with Crippen LogP contribution in [0.1, 0.15) is 6.92 Å². The van der Waals surface area contributed by atoms with E-state index in [1.165, 1.54) is 6.92 Å². The third-order valence-corrected chi connectivity index (χ3v) is 2.34. The van der Waals surface area contributed by atoms with Crippen LogP contribution in [0.4, 0.5) is 0 Å². The van der Waals surface area contributed by atoms with Gasteiger partial charge in [0.1, 0.15) is 13.2 Å². The fourth-order valence-corrected chi connectivity index (χ4v) is 1.41. The first-order valence-electron chi connectivity index (χ1n) is 4.25. The molecule has 0 radical (unpaired) electrons. The summed E-state index contributed by atoms with van der Waals surface area (Å²) in [7, 11) is 1.95. The van der Waals surface area contributed by atoms with Gasteiger partial charge in [-0.05, 0) is 6.92 Å². The van der Waals surface area contributed by atoms with Crippen LogP contribution in [0.2, 0.25) is 0 Å². The molecule has 0 saturated heterocycles. The topological polar surface area (TPSA) is 55.8 Å². The van der Waals surface area contributed by atoms with Gasteiger partial charge in [-0.1, -0.05) is 6.58 Å². The molecule has 0 aromatic heterocycles. The molecule has 0 spiro atoms. The predicted octanol–water partition coefficient (Wildman–Crippen LogP) is 1.36. The van der Waals surface area contributed by atoms with Crippen molar-refractivity contribution in [3.05, 3.63) is 12.3 Å². The Bertz CT molecular complexity index is 246. The largest absolute Gasteiger partial charge is 0.527 e. The number of likely N-dealkylation sites (N-methyl/N-ethyl adjacent to an activating group) is 1. The van der Waals surface area contributed by atoms with Crippen LogP contribution in [-0.4, -0.2) is 43.7 Å². The van der Waals surface area contributed by atoms with Gasteiger partial charge >= 0.3 is 7.82 Å². The van der Waals surface area contributed by atoms with E-state index in [9.17, 15) is 4.57 Å². The minimum Gasteiger partial charge on any atom is -0.410 e. The van der Waals surface area contributed by atoms with Gasteiger partial charge in [0, 0.05) is 0 Å². The average molecular weight is 224 g/mol. The van der Waals surface area contributed by atoms with Crippen LogP contribution in [0.15, 0.2) is 12.3 Å². The highest BCUT2D eigenvalue weighted by Crippen LogP contribution is 2.44. The molecule has 0 saturated carbocycles. The van der Waals surface area contributed by atoms with Crippen molar-refractivity contribution in [2.45, 2.75) is 6.92 Å². The number of quaternary nitrogens is 1. The lowest BCUT2D eigenvalue weighted by Gasteiger charge is -2.24. The quantitative estimate of drug-likeness (QED) is 0.420. The molecule has 14 heavy (non-hydrogen) atoms. The zero-order valence-electron chi connectivity index (χ0n) is 9.19. The summed E-state index contributed by atoms with van der Waals surface area (Å²) in [6.45, 7) is 5.65.